The first-order valence-electron chi connectivity index (χ1n) is 5.79. The van der Waals surface area contributed by atoms with Gasteiger partial charge in [-0.25, -0.2) is 0 Å². The Kier molecular flexibility index (Phi) is 5.48. The van der Waals surface area contributed by atoms with Gasteiger partial charge in [0.2, 0.25) is 0 Å². The smallest absolute Gasteiger partial charge is 0.263 e. The number of benzene rings is 1. The van der Waals surface area contributed by atoms with Crippen LogP contribution in [-0.2, 0) is 4.79 Å². The molecule has 1 amide bonds. The van der Waals surface area contributed by atoms with Gasteiger partial charge in [-0.05, 0) is 45.0 Å². The van der Waals surface area contributed by atoms with E-state index in [1.807, 2.05) is 38.1 Å². The van der Waals surface area contributed by atoms with Crippen molar-refractivity contribution >= 4 is 21.8 Å². The number of hydrogen-bond acceptors (Lipinski definition) is 2. The predicted octanol–water partition coefficient (Wildman–Crippen LogP) is 3.08. The summed E-state index contributed by atoms with van der Waals surface area (Å²) in [4.78, 5) is 13.7. The van der Waals surface area contributed by atoms with Crippen LogP contribution in [0.15, 0.2) is 28.7 Å². The molecule has 0 radical (unpaired) electrons. The summed E-state index contributed by atoms with van der Waals surface area (Å²) in [5.41, 5.74) is 0. The van der Waals surface area contributed by atoms with Crippen LogP contribution in [0.5, 0.6) is 5.75 Å². The molecule has 4 heteroatoms. The molecule has 0 aliphatic rings. The molecule has 0 bridgehead atoms. The van der Waals surface area contributed by atoms with E-state index < -0.39 is 6.10 Å². The lowest BCUT2D eigenvalue weighted by atomic mass is 10.3. The molecule has 0 spiro atoms. The van der Waals surface area contributed by atoms with E-state index in [1.54, 1.807) is 11.8 Å². The Morgan fingerprint density at radius 1 is 1.29 bits per heavy atom. The second kappa shape index (κ2) is 6.64. The van der Waals surface area contributed by atoms with Crippen LogP contribution in [0.4, 0.5) is 0 Å². The van der Waals surface area contributed by atoms with E-state index in [2.05, 4.69) is 15.9 Å². The molecule has 0 saturated heterocycles. The molecule has 1 rings (SSSR count). The van der Waals surface area contributed by atoms with Crippen LogP contribution >= 0.6 is 15.9 Å². The molecule has 1 unspecified atom stereocenters. The fourth-order valence-electron chi connectivity index (χ4n) is 1.56. The van der Waals surface area contributed by atoms with Crippen LogP contribution < -0.4 is 4.74 Å². The second-order valence-electron chi connectivity index (χ2n) is 3.72. The van der Waals surface area contributed by atoms with E-state index in [9.17, 15) is 4.79 Å². The van der Waals surface area contributed by atoms with Crippen LogP contribution in [0.25, 0.3) is 0 Å². The number of carbonyl (C=O) groups excluding carboxylic acids is 1. The first-order valence-corrected chi connectivity index (χ1v) is 6.58. The molecule has 0 N–H and O–H groups in total. The van der Waals surface area contributed by atoms with Gasteiger partial charge >= 0.3 is 0 Å². The number of amides is 1. The van der Waals surface area contributed by atoms with Crippen LogP contribution in [-0.4, -0.2) is 30.0 Å². The molecule has 1 atom stereocenters. The van der Waals surface area contributed by atoms with Crippen LogP contribution in [0.2, 0.25) is 0 Å². The first kappa shape index (κ1) is 14.0. The van der Waals surface area contributed by atoms with Gasteiger partial charge in [0.05, 0.1) is 0 Å². The van der Waals surface area contributed by atoms with Crippen molar-refractivity contribution in [3.05, 3.63) is 28.7 Å². The zero-order valence-corrected chi connectivity index (χ0v) is 12.0. The molecule has 0 fully saturated rings. The van der Waals surface area contributed by atoms with Gasteiger partial charge in [-0.3, -0.25) is 4.79 Å². The fourth-order valence-corrected chi connectivity index (χ4v) is 1.82. The van der Waals surface area contributed by atoms with Crippen molar-refractivity contribution in [2.24, 2.45) is 0 Å². The summed E-state index contributed by atoms with van der Waals surface area (Å²) in [5, 5.41) is 0. The molecular weight excluding hydrogens is 282 g/mol. The summed E-state index contributed by atoms with van der Waals surface area (Å²) >= 11 is 3.36. The van der Waals surface area contributed by atoms with E-state index in [0.29, 0.717) is 18.8 Å². The van der Waals surface area contributed by atoms with Gasteiger partial charge in [-0.15, -0.1) is 0 Å². The van der Waals surface area contributed by atoms with E-state index in [0.717, 1.165) is 4.47 Å². The highest BCUT2D eigenvalue weighted by atomic mass is 79.9. The normalized spacial score (nSPS) is 12.0. The van der Waals surface area contributed by atoms with E-state index in [-0.39, 0.29) is 5.91 Å². The Balaban J connectivity index is 2.62. The third-order valence-corrected chi connectivity index (χ3v) is 3.08. The minimum absolute atomic E-state index is 0.0259. The Morgan fingerprint density at radius 2 is 1.82 bits per heavy atom. The maximum absolute atomic E-state index is 12.0. The lowest BCUT2D eigenvalue weighted by Gasteiger charge is -2.23. The number of ether oxygens (including phenoxy) is 1. The predicted molar refractivity (Wildman–Crippen MR) is 72.2 cm³/mol. The second-order valence-corrected chi connectivity index (χ2v) is 4.64. The zero-order valence-electron chi connectivity index (χ0n) is 10.4. The Morgan fingerprint density at radius 3 is 2.29 bits per heavy atom. The SMILES string of the molecule is CCN(CC)C(=O)C(C)Oc1ccc(Br)cc1. The number of nitrogens with zero attached hydrogens (tertiary/aromatic N) is 1. The number of rotatable bonds is 5. The highest BCUT2D eigenvalue weighted by molar-refractivity contribution is 9.10. The van der Waals surface area contributed by atoms with Gasteiger partial charge < -0.3 is 9.64 Å². The highest BCUT2D eigenvalue weighted by Gasteiger charge is 2.19. The van der Waals surface area contributed by atoms with Crippen LogP contribution in [0.3, 0.4) is 0 Å². The van der Waals surface area contributed by atoms with Crippen LogP contribution in [0.1, 0.15) is 20.8 Å². The minimum atomic E-state index is -0.448. The molecule has 3 nitrogen and oxygen atoms in total. The molecule has 0 heterocycles. The monoisotopic (exact) mass is 299 g/mol. The van der Waals surface area contributed by atoms with Crippen molar-refractivity contribution < 1.29 is 9.53 Å². The summed E-state index contributed by atoms with van der Waals surface area (Å²) in [5.74, 6) is 0.735. The van der Waals surface area contributed by atoms with Gasteiger partial charge in [-0.1, -0.05) is 15.9 Å². The molecule has 94 valence electrons. The maximum atomic E-state index is 12.0. The van der Waals surface area contributed by atoms with E-state index >= 15 is 0 Å². The molecule has 0 saturated carbocycles. The third kappa shape index (κ3) is 4.04. The average Bonchev–Trinajstić information content (AvgIpc) is 2.33. The summed E-state index contributed by atoms with van der Waals surface area (Å²) < 4.78 is 6.60. The van der Waals surface area contributed by atoms with Gasteiger partial charge in [-0.2, -0.15) is 0 Å². The van der Waals surface area contributed by atoms with Crippen molar-refractivity contribution in [2.75, 3.05) is 13.1 Å². The largest absolute Gasteiger partial charge is 0.481 e. The number of hydrogen-bond donors (Lipinski definition) is 0. The number of carbonyl (C=O) groups is 1. The highest BCUT2D eigenvalue weighted by Crippen LogP contribution is 2.17. The molecule has 1 aromatic rings. The minimum Gasteiger partial charge on any atom is -0.481 e. The van der Waals surface area contributed by atoms with E-state index in [4.69, 9.17) is 4.74 Å². The van der Waals surface area contributed by atoms with Crippen molar-refractivity contribution in [2.45, 2.75) is 26.9 Å². The Labute approximate surface area is 111 Å². The lowest BCUT2D eigenvalue weighted by Crippen LogP contribution is -2.40. The topological polar surface area (TPSA) is 29.5 Å². The summed E-state index contributed by atoms with van der Waals surface area (Å²) in [6.07, 6.45) is -0.448. The summed E-state index contributed by atoms with van der Waals surface area (Å²) in [6, 6.07) is 7.47. The number of halogens is 1. The summed E-state index contributed by atoms with van der Waals surface area (Å²) in [6.45, 7) is 7.14. The average molecular weight is 300 g/mol. The first-order chi connectivity index (χ1) is 8.08. The molecular formula is C13H18BrNO2. The maximum Gasteiger partial charge on any atom is 0.263 e. The van der Waals surface area contributed by atoms with Gasteiger partial charge in [0.15, 0.2) is 6.10 Å². The summed E-state index contributed by atoms with van der Waals surface area (Å²) in [7, 11) is 0. The van der Waals surface area contributed by atoms with E-state index in [1.165, 1.54) is 0 Å². The Hall–Kier alpha value is -1.03. The van der Waals surface area contributed by atoms with Crippen LogP contribution in [0, 0.1) is 0 Å². The number of likely N-dealkylation sites (N-methyl/N-ethyl adjacent to an activating group) is 1. The molecule has 17 heavy (non-hydrogen) atoms. The van der Waals surface area contributed by atoms with Gasteiger partial charge in [0.1, 0.15) is 5.75 Å². The van der Waals surface area contributed by atoms with Crippen molar-refractivity contribution in [3.8, 4) is 5.75 Å². The van der Waals surface area contributed by atoms with Gasteiger partial charge in [0.25, 0.3) is 5.91 Å². The standard InChI is InChI=1S/C13H18BrNO2/c1-4-15(5-2)13(16)10(3)17-12-8-6-11(14)7-9-12/h6-10H,4-5H2,1-3H3. The van der Waals surface area contributed by atoms with Crippen molar-refractivity contribution in [3.63, 3.8) is 0 Å². The quantitative estimate of drug-likeness (QED) is 0.836. The van der Waals surface area contributed by atoms with Gasteiger partial charge in [0, 0.05) is 17.6 Å². The molecule has 0 aromatic heterocycles. The molecule has 1 aromatic carbocycles. The third-order valence-electron chi connectivity index (χ3n) is 2.55. The molecule has 0 aliphatic heterocycles. The van der Waals surface area contributed by atoms with Crippen molar-refractivity contribution in [1.29, 1.82) is 0 Å². The lowest BCUT2D eigenvalue weighted by molar-refractivity contribution is -0.137. The van der Waals surface area contributed by atoms with Crippen molar-refractivity contribution in [1.82, 2.24) is 4.90 Å². The molecule has 0 aliphatic carbocycles. The zero-order chi connectivity index (χ0) is 12.8. The Bertz CT molecular complexity index is 360. The fraction of sp³-hybridized carbons (Fsp3) is 0.462.